The number of hydrogen-bond donors (Lipinski definition) is 0. The van der Waals surface area contributed by atoms with Crippen LogP contribution in [-0.2, 0) is 0 Å². The quantitative estimate of drug-likeness (QED) is 0.369. The van der Waals surface area contributed by atoms with Crippen LogP contribution in [0.15, 0.2) is 53.9 Å². The number of benzene rings is 2. The first kappa shape index (κ1) is 17.3. The van der Waals surface area contributed by atoms with E-state index in [4.69, 9.17) is 4.74 Å². The van der Waals surface area contributed by atoms with Crippen LogP contribution < -0.4 is 4.74 Å². The van der Waals surface area contributed by atoms with Gasteiger partial charge in [0, 0.05) is 23.1 Å². The van der Waals surface area contributed by atoms with Gasteiger partial charge in [-0.25, -0.2) is 4.98 Å². The summed E-state index contributed by atoms with van der Waals surface area (Å²) in [5.41, 5.74) is 2.74. The maximum absolute atomic E-state index is 10.7. The van der Waals surface area contributed by atoms with E-state index in [0.29, 0.717) is 22.0 Å². The maximum atomic E-state index is 10.7. The standard InChI is InChI=1S/C19H13N3O3S/c1-25-17-4-2-3-13(10-17)9-15(11-20)19-21-18(12-26-19)14-5-7-16(8-6-14)22(23)24/h2-10,12H,1H3/b15-9+. The van der Waals surface area contributed by atoms with Gasteiger partial charge >= 0.3 is 0 Å². The van der Waals surface area contributed by atoms with Gasteiger partial charge in [0.2, 0.25) is 0 Å². The van der Waals surface area contributed by atoms with Gasteiger partial charge in [0.15, 0.2) is 0 Å². The highest BCUT2D eigenvalue weighted by Crippen LogP contribution is 2.28. The van der Waals surface area contributed by atoms with Gasteiger partial charge in [-0.05, 0) is 35.9 Å². The lowest BCUT2D eigenvalue weighted by atomic mass is 10.1. The second kappa shape index (κ2) is 7.59. The third-order valence-corrected chi connectivity index (χ3v) is 4.51. The summed E-state index contributed by atoms with van der Waals surface area (Å²) in [5, 5.41) is 22.6. The summed E-state index contributed by atoms with van der Waals surface area (Å²) >= 11 is 1.35. The number of methoxy groups -OCH3 is 1. The second-order valence-corrected chi connectivity index (χ2v) is 6.15. The molecule has 0 aliphatic heterocycles. The smallest absolute Gasteiger partial charge is 0.269 e. The van der Waals surface area contributed by atoms with Crippen LogP contribution in [0.3, 0.4) is 0 Å². The summed E-state index contributed by atoms with van der Waals surface area (Å²) in [5.74, 6) is 0.710. The topological polar surface area (TPSA) is 89.0 Å². The van der Waals surface area contributed by atoms with Crippen molar-refractivity contribution >= 4 is 28.7 Å². The molecule has 0 spiro atoms. The van der Waals surface area contributed by atoms with Gasteiger partial charge in [-0.15, -0.1) is 11.3 Å². The lowest BCUT2D eigenvalue weighted by Gasteiger charge is -2.01. The maximum Gasteiger partial charge on any atom is 0.269 e. The first-order valence-electron chi connectivity index (χ1n) is 7.57. The summed E-state index contributed by atoms with van der Waals surface area (Å²) < 4.78 is 5.19. The number of rotatable bonds is 5. The Hall–Kier alpha value is -3.50. The molecule has 0 saturated heterocycles. The Kier molecular flexibility index (Phi) is 5.06. The van der Waals surface area contributed by atoms with Gasteiger partial charge < -0.3 is 4.74 Å². The van der Waals surface area contributed by atoms with E-state index in [9.17, 15) is 15.4 Å². The number of hydrogen-bond acceptors (Lipinski definition) is 6. The minimum absolute atomic E-state index is 0.0276. The van der Waals surface area contributed by atoms with Gasteiger partial charge in [-0.3, -0.25) is 10.1 Å². The van der Waals surface area contributed by atoms with Gasteiger partial charge in [0.25, 0.3) is 5.69 Å². The van der Waals surface area contributed by atoms with E-state index in [-0.39, 0.29) is 5.69 Å². The Labute approximate surface area is 153 Å². The molecule has 0 N–H and O–H groups in total. The summed E-state index contributed by atoms with van der Waals surface area (Å²) in [6, 6.07) is 15.7. The number of aromatic nitrogens is 1. The van der Waals surface area contributed by atoms with Crippen LogP contribution in [0.1, 0.15) is 10.6 Å². The van der Waals surface area contributed by atoms with Gasteiger partial charge in [-0.2, -0.15) is 5.26 Å². The zero-order chi connectivity index (χ0) is 18.5. The molecule has 128 valence electrons. The molecule has 1 aromatic heterocycles. The number of nitriles is 1. The molecule has 0 atom stereocenters. The molecule has 0 saturated carbocycles. The molecule has 3 aromatic rings. The third kappa shape index (κ3) is 3.77. The van der Waals surface area contributed by atoms with E-state index in [1.54, 1.807) is 25.3 Å². The van der Waals surface area contributed by atoms with Crippen LogP contribution in [0, 0.1) is 21.4 Å². The number of allylic oxidation sites excluding steroid dienone is 1. The van der Waals surface area contributed by atoms with Crippen LogP contribution in [0.4, 0.5) is 5.69 Å². The van der Waals surface area contributed by atoms with E-state index >= 15 is 0 Å². The first-order valence-corrected chi connectivity index (χ1v) is 8.45. The van der Waals surface area contributed by atoms with Crippen molar-refractivity contribution in [2.45, 2.75) is 0 Å². The Morgan fingerprint density at radius 1 is 1.31 bits per heavy atom. The average Bonchev–Trinajstić information content (AvgIpc) is 3.16. The highest BCUT2D eigenvalue weighted by Gasteiger charge is 2.11. The predicted molar refractivity (Wildman–Crippen MR) is 101 cm³/mol. The molecule has 26 heavy (non-hydrogen) atoms. The molecular formula is C19H13N3O3S. The second-order valence-electron chi connectivity index (χ2n) is 5.29. The van der Waals surface area contributed by atoms with Crippen molar-refractivity contribution < 1.29 is 9.66 Å². The molecule has 0 aliphatic rings. The lowest BCUT2D eigenvalue weighted by Crippen LogP contribution is -1.87. The SMILES string of the molecule is COc1cccc(/C=C(\C#N)c2nc(-c3ccc([N+](=O)[O-])cc3)cs2)c1. The molecule has 3 rings (SSSR count). The summed E-state index contributed by atoms with van der Waals surface area (Å²) in [6.07, 6.45) is 1.75. The molecule has 2 aromatic carbocycles. The molecule has 0 bridgehead atoms. The largest absolute Gasteiger partial charge is 0.497 e. The molecular weight excluding hydrogens is 350 g/mol. The summed E-state index contributed by atoms with van der Waals surface area (Å²) in [4.78, 5) is 14.8. The number of non-ortho nitro benzene ring substituents is 1. The molecule has 6 nitrogen and oxygen atoms in total. The van der Waals surface area contributed by atoms with Crippen LogP contribution in [0.25, 0.3) is 22.9 Å². The first-order chi connectivity index (χ1) is 12.6. The van der Waals surface area contributed by atoms with Gasteiger partial charge in [-0.1, -0.05) is 12.1 Å². The third-order valence-electron chi connectivity index (χ3n) is 3.63. The highest BCUT2D eigenvalue weighted by atomic mass is 32.1. The van der Waals surface area contributed by atoms with Crippen molar-refractivity contribution in [3.8, 4) is 23.1 Å². The Morgan fingerprint density at radius 3 is 2.73 bits per heavy atom. The Balaban J connectivity index is 1.90. The molecule has 7 heteroatoms. The van der Waals surface area contributed by atoms with Crippen molar-refractivity contribution in [3.63, 3.8) is 0 Å². The number of nitro benzene ring substituents is 1. The van der Waals surface area contributed by atoms with E-state index in [1.165, 1.54) is 23.5 Å². The minimum atomic E-state index is -0.444. The number of nitrogens with zero attached hydrogens (tertiary/aromatic N) is 3. The fourth-order valence-corrected chi connectivity index (χ4v) is 3.12. The summed E-state index contributed by atoms with van der Waals surface area (Å²) in [7, 11) is 1.59. The van der Waals surface area contributed by atoms with Crippen molar-refractivity contribution in [2.75, 3.05) is 7.11 Å². The Morgan fingerprint density at radius 2 is 2.08 bits per heavy atom. The molecule has 0 fully saturated rings. The zero-order valence-electron chi connectivity index (χ0n) is 13.7. The van der Waals surface area contributed by atoms with Crippen LogP contribution in [-0.4, -0.2) is 17.0 Å². The fraction of sp³-hybridized carbons (Fsp3) is 0.0526. The average molecular weight is 363 g/mol. The van der Waals surface area contributed by atoms with Crippen LogP contribution in [0.5, 0.6) is 5.75 Å². The van der Waals surface area contributed by atoms with E-state index in [1.807, 2.05) is 29.6 Å². The van der Waals surface area contributed by atoms with Gasteiger partial charge in [0.1, 0.15) is 16.8 Å². The molecule has 0 aliphatic carbocycles. The number of nitro groups is 1. The Bertz CT molecular complexity index is 1020. The number of ether oxygens (including phenoxy) is 1. The van der Waals surface area contributed by atoms with Crippen LogP contribution in [0.2, 0.25) is 0 Å². The zero-order valence-corrected chi connectivity index (χ0v) is 14.6. The minimum Gasteiger partial charge on any atom is -0.497 e. The van der Waals surface area contributed by atoms with E-state index < -0.39 is 4.92 Å². The number of thiazole rings is 1. The van der Waals surface area contributed by atoms with Crippen molar-refractivity contribution in [2.24, 2.45) is 0 Å². The fourth-order valence-electron chi connectivity index (χ4n) is 2.32. The van der Waals surface area contributed by atoms with Gasteiger partial charge in [0.05, 0.1) is 23.3 Å². The van der Waals surface area contributed by atoms with E-state index in [0.717, 1.165) is 11.1 Å². The monoisotopic (exact) mass is 363 g/mol. The highest BCUT2D eigenvalue weighted by molar-refractivity contribution is 7.11. The van der Waals surface area contributed by atoms with E-state index in [2.05, 4.69) is 11.1 Å². The van der Waals surface area contributed by atoms with Crippen molar-refractivity contribution in [3.05, 3.63) is 74.6 Å². The molecule has 1 heterocycles. The lowest BCUT2D eigenvalue weighted by molar-refractivity contribution is -0.384. The summed E-state index contributed by atoms with van der Waals surface area (Å²) in [6.45, 7) is 0. The van der Waals surface area contributed by atoms with Crippen LogP contribution >= 0.6 is 11.3 Å². The molecule has 0 amide bonds. The normalized spacial score (nSPS) is 11.0. The van der Waals surface area contributed by atoms with Crippen molar-refractivity contribution in [1.29, 1.82) is 5.26 Å². The molecule has 0 radical (unpaired) electrons. The molecule has 0 unspecified atom stereocenters. The van der Waals surface area contributed by atoms with Crippen molar-refractivity contribution in [1.82, 2.24) is 4.98 Å². The predicted octanol–water partition coefficient (Wildman–Crippen LogP) is 4.79.